The Morgan fingerprint density at radius 2 is 2.00 bits per heavy atom. The van der Waals surface area contributed by atoms with Crippen molar-refractivity contribution in [2.75, 3.05) is 30.9 Å². The van der Waals surface area contributed by atoms with Crippen LogP contribution in [0, 0.1) is 5.41 Å². The van der Waals surface area contributed by atoms with Crippen LogP contribution >= 0.6 is 0 Å². The number of nitrogens with zero attached hydrogens (tertiary/aromatic N) is 3. The second kappa shape index (κ2) is 4.47. The van der Waals surface area contributed by atoms with Crippen LogP contribution in [-0.4, -0.2) is 30.6 Å². The van der Waals surface area contributed by atoms with Gasteiger partial charge >= 0.3 is 0 Å². The summed E-state index contributed by atoms with van der Waals surface area (Å²) in [6.07, 6.45) is 3.50. The first-order valence-electron chi connectivity index (χ1n) is 5.13. The van der Waals surface area contributed by atoms with Crippen LogP contribution in [0.25, 0.3) is 0 Å². The summed E-state index contributed by atoms with van der Waals surface area (Å²) in [5.41, 5.74) is 0.256. The van der Waals surface area contributed by atoms with Crippen molar-refractivity contribution in [1.29, 1.82) is 0 Å². The van der Waals surface area contributed by atoms with Gasteiger partial charge in [0.15, 0.2) is 0 Å². The number of hydrogen-bond acceptors (Lipinski definition) is 4. The summed E-state index contributed by atoms with van der Waals surface area (Å²) in [6, 6.07) is 0. The van der Waals surface area contributed by atoms with Crippen LogP contribution in [0.3, 0.4) is 0 Å². The van der Waals surface area contributed by atoms with Crippen molar-refractivity contribution >= 4 is 11.6 Å². The predicted octanol–water partition coefficient (Wildman–Crippen LogP) is 2.00. The van der Waals surface area contributed by atoms with Gasteiger partial charge in [-0.2, -0.15) is 0 Å². The van der Waals surface area contributed by atoms with E-state index < -0.39 is 0 Å². The van der Waals surface area contributed by atoms with Gasteiger partial charge in [-0.3, -0.25) is 4.98 Å². The van der Waals surface area contributed by atoms with Crippen molar-refractivity contribution in [2.45, 2.75) is 20.8 Å². The summed E-state index contributed by atoms with van der Waals surface area (Å²) in [5.74, 6) is 1.70. The molecule has 0 saturated heterocycles. The Balaban J connectivity index is 2.77. The molecule has 0 aliphatic heterocycles. The molecule has 0 aliphatic carbocycles. The van der Waals surface area contributed by atoms with Crippen molar-refractivity contribution in [3.8, 4) is 0 Å². The third-order valence-electron chi connectivity index (χ3n) is 1.98. The van der Waals surface area contributed by atoms with Gasteiger partial charge < -0.3 is 10.2 Å². The Bertz CT molecular complexity index is 317. The lowest BCUT2D eigenvalue weighted by Gasteiger charge is -2.27. The smallest absolute Gasteiger partial charge is 0.149 e. The molecular weight excluding hydrogens is 188 g/mol. The summed E-state index contributed by atoms with van der Waals surface area (Å²) in [5, 5.41) is 2.98. The van der Waals surface area contributed by atoms with Crippen LogP contribution in [0.2, 0.25) is 0 Å². The molecule has 0 spiro atoms. The van der Waals surface area contributed by atoms with E-state index in [1.54, 1.807) is 12.4 Å². The molecule has 0 radical (unpaired) electrons. The van der Waals surface area contributed by atoms with Crippen LogP contribution in [0.15, 0.2) is 12.4 Å². The summed E-state index contributed by atoms with van der Waals surface area (Å²) in [6.45, 7) is 7.57. The molecule has 1 N–H and O–H groups in total. The molecule has 1 rings (SSSR count). The molecule has 1 aromatic heterocycles. The zero-order chi connectivity index (χ0) is 11.5. The van der Waals surface area contributed by atoms with E-state index in [-0.39, 0.29) is 5.41 Å². The van der Waals surface area contributed by atoms with Gasteiger partial charge in [0.25, 0.3) is 0 Å². The van der Waals surface area contributed by atoms with E-state index in [4.69, 9.17) is 0 Å². The number of aromatic nitrogens is 2. The highest BCUT2D eigenvalue weighted by atomic mass is 15.2. The highest BCUT2D eigenvalue weighted by molar-refractivity contribution is 5.42. The predicted molar refractivity (Wildman–Crippen MR) is 64.3 cm³/mol. The number of rotatable bonds is 3. The first-order valence-corrected chi connectivity index (χ1v) is 5.13. The third-order valence-corrected chi connectivity index (χ3v) is 1.98. The Morgan fingerprint density at radius 1 is 1.33 bits per heavy atom. The standard InChI is InChI=1S/C11H20N4/c1-11(2,3)8-15(5)10-7-13-6-9(12-4)14-10/h6-7H,8H2,1-5H3,(H,12,14). The zero-order valence-electron chi connectivity index (χ0n) is 10.2. The number of hydrogen-bond donors (Lipinski definition) is 1. The van der Waals surface area contributed by atoms with Crippen LogP contribution in [0.4, 0.5) is 11.6 Å². The SMILES string of the molecule is CNc1cncc(N(C)CC(C)(C)C)n1. The van der Waals surface area contributed by atoms with Crippen molar-refractivity contribution < 1.29 is 0 Å². The maximum atomic E-state index is 4.43. The minimum atomic E-state index is 0.256. The highest BCUT2D eigenvalue weighted by Gasteiger charge is 2.14. The molecule has 0 fully saturated rings. The van der Waals surface area contributed by atoms with Gasteiger partial charge in [-0.1, -0.05) is 20.8 Å². The van der Waals surface area contributed by atoms with E-state index in [1.165, 1.54) is 0 Å². The highest BCUT2D eigenvalue weighted by Crippen LogP contribution is 2.18. The topological polar surface area (TPSA) is 41.1 Å². The molecule has 0 amide bonds. The maximum absolute atomic E-state index is 4.43. The molecule has 4 nitrogen and oxygen atoms in total. The largest absolute Gasteiger partial charge is 0.372 e. The fourth-order valence-electron chi connectivity index (χ4n) is 1.45. The van der Waals surface area contributed by atoms with Crippen molar-refractivity contribution in [3.63, 3.8) is 0 Å². The molecule has 1 aromatic rings. The van der Waals surface area contributed by atoms with E-state index in [9.17, 15) is 0 Å². The Hall–Kier alpha value is -1.32. The lowest BCUT2D eigenvalue weighted by Crippen LogP contribution is -2.29. The Kier molecular flexibility index (Phi) is 3.50. The second-order valence-corrected chi connectivity index (χ2v) is 4.93. The van der Waals surface area contributed by atoms with Gasteiger partial charge in [-0.05, 0) is 5.41 Å². The van der Waals surface area contributed by atoms with E-state index in [0.29, 0.717) is 0 Å². The molecule has 0 bridgehead atoms. The van der Waals surface area contributed by atoms with Crippen molar-refractivity contribution in [3.05, 3.63) is 12.4 Å². The van der Waals surface area contributed by atoms with Gasteiger partial charge in [0.1, 0.15) is 11.6 Å². The van der Waals surface area contributed by atoms with Gasteiger partial charge in [-0.15, -0.1) is 0 Å². The van der Waals surface area contributed by atoms with Crippen LogP contribution < -0.4 is 10.2 Å². The molecular formula is C11H20N4. The second-order valence-electron chi connectivity index (χ2n) is 4.93. The van der Waals surface area contributed by atoms with Crippen LogP contribution in [-0.2, 0) is 0 Å². The van der Waals surface area contributed by atoms with Crippen LogP contribution in [0.1, 0.15) is 20.8 Å². The quantitative estimate of drug-likeness (QED) is 0.825. The monoisotopic (exact) mass is 208 g/mol. The summed E-state index contributed by atoms with van der Waals surface area (Å²) >= 11 is 0. The lowest BCUT2D eigenvalue weighted by molar-refractivity contribution is 0.417. The Labute approximate surface area is 91.7 Å². The van der Waals surface area contributed by atoms with E-state index >= 15 is 0 Å². The summed E-state index contributed by atoms with van der Waals surface area (Å²) < 4.78 is 0. The minimum absolute atomic E-state index is 0.256. The fraction of sp³-hybridized carbons (Fsp3) is 0.636. The Morgan fingerprint density at radius 3 is 2.53 bits per heavy atom. The lowest BCUT2D eigenvalue weighted by atomic mass is 9.96. The molecule has 0 atom stereocenters. The van der Waals surface area contributed by atoms with E-state index in [1.807, 2.05) is 14.1 Å². The van der Waals surface area contributed by atoms with Crippen LogP contribution in [0.5, 0.6) is 0 Å². The fourth-order valence-corrected chi connectivity index (χ4v) is 1.45. The van der Waals surface area contributed by atoms with E-state index in [2.05, 4.69) is 41.0 Å². The van der Waals surface area contributed by atoms with Crippen molar-refractivity contribution in [2.24, 2.45) is 5.41 Å². The molecule has 84 valence electrons. The molecule has 1 heterocycles. The molecule has 0 aromatic carbocycles. The third kappa shape index (κ3) is 3.73. The average Bonchev–Trinajstić information content (AvgIpc) is 2.15. The van der Waals surface area contributed by atoms with E-state index in [0.717, 1.165) is 18.2 Å². The molecule has 0 saturated carbocycles. The average molecular weight is 208 g/mol. The minimum Gasteiger partial charge on any atom is -0.372 e. The number of nitrogens with one attached hydrogen (secondary N) is 1. The summed E-state index contributed by atoms with van der Waals surface area (Å²) in [4.78, 5) is 10.7. The van der Waals surface area contributed by atoms with Gasteiger partial charge in [0.2, 0.25) is 0 Å². The maximum Gasteiger partial charge on any atom is 0.149 e. The molecule has 0 unspecified atom stereocenters. The first-order chi connectivity index (χ1) is 6.92. The van der Waals surface area contributed by atoms with Gasteiger partial charge in [0, 0.05) is 20.6 Å². The van der Waals surface area contributed by atoms with Crippen molar-refractivity contribution in [1.82, 2.24) is 9.97 Å². The molecule has 4 heteroatoms. The first kappa shape index (κ1) is 11.8. The molecule has 15 heavy (non-hydrogen) atoms. The van der Waals surface area contributed by atoms with Gasteiger partial charge in [-0.25, -0.2) is 4.98 Å². The normalized spacial score (nSPS) is 11.3. The van der Waals surface area contributed by atoms with Gasteiger partial charge in [0.05, 0.1) is 12.4 Å². The summed E-state index contributed by atoms with van der Waals surface area (Å²) in [7, 11) is 3.88. The number of anilines is 2. The molecule has 0 aliphatic rings. The zero-order valence-corrected chi connectivity index (χ0v) is 10.2.